The van der Waals surface area contributed by atoms with E-state index in [0.717, 1.165) is 0 Å². The zero-order valence-corrected chi connectivity index (χ0v) is 15.4. The van der Waals surface area contributed by atoms with Gasteiger partial charge in [0.2, 0.25) is 5.52 Å². The first-order valence-corrected chi connectivity index (χ1v) is 8.66. The number of nitro groups is 1. The van der Waals surface area contributed by atoms with E-state index in [1.54, 1.807) is 42.1 Å². The van der Waals surface area contributed by atoms with Crippen LogP contribution in [0.3, 0.4) is 0 Å². The first kappa shape index (κ1) is 17.8. The summed E-state index contributed by atoms with van der Waals surface area (Å²) in [5.74, 6) is 0.150. The Hall–Kier alpha value is -3.63. The SMILES string of the molecule is CN(C)c1cc(N2CCN(C(=O)c3ccco3)CC2)c2nonc2c1[N+](=O)[O-]. The molecular formula is C17H18N6O5. The molecular weight excluding hydrogens is 368 g/mol. The number of nitrogens with zero attached hydrogens (tertiary/aromatic N) is 6. The van der Waals surface area contributed by atoms with E-state index in [1.165, 1.54) is 6.26 Å². The van der Waals surface area contributed by atoms with Crippen molar-refractivity contribution < 1.29 is 18.8 Å². The number of hydrogen-bond acceptors (Lipinski definition) is 9. The molecule has 4 rings (SSSR count). The fourth-order valence-corrected chi connectivity index (χ4v) is 3.37. The number of furan rings is 1. The smallest absolute Gasteiger partial charge is 0.323 e. The number of fused-ring (bicyclic) bond motifs is 1. The Kier molecular flexibility index (Phi) is 4.34. The van der Waals surface area contributed by atoms with E-state index in [0.29, 0.717) is 48.8 Å². The lowest BCUT2D eigenvalue weighted by Gasteiger charge is -2.35. The highest BCUT2D eigenvalue weighted by Crippen LogP contribution is 2.39. The number of nitro benzene ring substituents is 1. The number of rotatable bonds is 4. The Morgan fingerprint density at radius 3 is 2.54 bits per heavy atom. The molecule has 3 heterocycles. The van der Waals surface area contributed by atoms with Crippen molar-refractivity contribution in [2.24, 2.45) is 0 Å². The number of piperazine rings is 1. The minimum atomic E-state index is -0.481. The van der Waals surface area contributed by atoms with E-state index >= 15 is 0 Å². The van der Waals surface area contributed by atoms with Gasteiger partial charge < -0.3 is 19.1 Å². The largest absolute Gasteiger partial charge is 0.459 e. The molecule has 0 radical (unpaired) electrons. The van der Waals surface area contributed by atoms with Crippen LogP contribution in [0, 0.1) is 10.1 Å². The number of benzene rings is 1. The topological polar surface area (TPSA) is 122 Å². The van der Waals surface area contributed by atoms with Gasteiger partial charge in [-0.15, -0.1) is 0 Å². The summed E-state index contributed by atoms with van der Waals surface area (Å²) in [5.41, 5.74) is 1.41. The van der Waals surface area contributed by atoms with E-state index < -0.39 is 4.92 Å². The number of anilines is 2. The highest BCUT2D eigenvalue weighted by molar-refractivity contribution is 6.00. The van der Waals surface area contributed by atoms with E-state index in [1.807, 2.05) is 4.90 Å². The minimum Gasteiger partial charge on any atom is -0.459 e. The molecule has 1 saturated heterocycles. The van der Waals surface area contributed by atoms with Gasteiger partial charge in [-0.2, -0.15) is 0 Å². The molecule has 0 spiro atoms. The van der Waals surface area contributed by atoms with Gasteiger partial charge in [0, 0.05) is 40.3 Å². The molecule has 11 heteroatoms. The molecule has 1 aliphatic heterocycles. The molecule has 0 atom stereocenters. The molecule has 0 unspecified atom stereocenters. The van der Waals surface area contributed by atoms with Gasteiger partial charge in [-0.1, -0.05) is 0 Å². The summed E-state index contributed by atoms with van der Waals surface area (Å²) in [7, 11) is 3.46. The van der Waals surface area contributed by atoms with Gasteiger partial charge in [-0.25, -0.2) is 4.63 Å². The molecule has 0 saturated carbocycles. The number of amides is 1. The molecule has 1 fully saturated rings. The molecule has 0 bridgehead atoms. The van der Waals surface area contributed by atoms with Crippen molar-refractivity contribution in [2.75, 3.05) is 50.1 Å². The van der Waals surface area contributed by atoms with Crippen molar-refractivity contribution in [3.63, 3.8) is 0 Å². The third kappa shape index (κ3) is 2.90. The molecule has 11 nitrogen and oxygen atoms in total. The van der Waals surface area contributed by atoms with Crippen LogP contribution in [0.25, 0.3) is 11.0 Å². The first-order valence-electron chi connectivity index (χ1n) is 8.66. The van der Waals surface area contributed by atoms with Gasteiger partial charge in [-0.3, -0.25) is 14.9 Å². The second-order valence-electron chi connectivity index (χ2n) is 6.63. The Morgan fingerprint density at radius 2 is 1.93 bits per heavy atom. The van der Waals surface area contributed by atoms with Crippen molar-refractivity contribution in [3.8, 4) is 0 Å². The molecule has 0 aliphatic carbocycles. The van der Waals surface area contributed by atoms with Crippen LogP contribution in [0.5, 0.6) is 0 Å². The van der Waals surface area contributed by atoms with Crippen molar-refractivity contribution in [1.29, 1.82) is 0 Å². The summed E-state index contributed by atoms with van der Waals surface area (Å²) in [5, 5.41) is 19.2. The van der Waals surface area contributed by atoms with Crippen LogP contribution in [0.2, 0.25) is 0 Å². The monoisotopic (exact) mass is 386 g/mol. The van der Waals surface area contributed by atoms with E-state index in [9.17, 15) is 14.9 Å². The standard InChI is InChI=1S/C17H18N6O5/c1-20(2)12-10-11(14-15(19-28-18-14)16(12)23(25)26)21-5-7-22(8-6-21)17(24)13-4-3-9-27-13/h3-4,9-10H,5-8H2,1-2H3. The molecule has 1 amide bonds. The van der Waals surface area contributed by atoms with E-state index in [-0.39, 0.29) is 17.1 Å². The van der Waals surface area contributed by atoms with Crippen molar-refractivity contribution in [3.05, 3.63) is 40.3 Å². The molecule has 2 aromatic heterocycles. The molecule has 0 N–H and O–H groups in total. The summed E-state index contributed by atoms with van der Waals surface area (Å²) in [6.45, 7) is 2.05. The lowest BCUT2D eigenvalue weighted by Crippen LogP contribution is -2.48. The van der Waals surface area contributed by atoms with Crippen LogP contribution in [0.1, 0.15) is 10.6 Å². The highest BCUT2D eigenvalue weighted by atomic mass is 16.6. The number of aromatic nitrogens is 2. The van der Waals surface area contributed by atoms with Crippen LogP contribution in [0.4, 0.5) is 17.1 Å². The first-order chi connectivity index (χ1) is 13.5. The summed E-state index contributed by atoms with van der Waals surface area (Å²) < 4.78 is 9.98. The van der Waals surface area contributed by atoms with Gasteiger partial charge in [0.1, 0.15) is 5.69 Å². The molecule has 146 valence electrons. The minimum absolute atomic E-state index is 0.111. The zero-order valence-electron chi connectivity index (χ0n) is 15.4. The number of carbonyl (C=O) groups is 1. The van der Waals surface area contributed by atoms with Crippen LogP contribution in [-0.2, 0) is 0 Å². The third-order valence-corrected chi connectivity index (χ3v) is 4.78. The van der Waals surface area contributed by atoms with Crippen LogP contribution in [-0.4, -0.2) is 66.3 Å². The lowest BCUT2D eigenvalue weighted by molar-refractivity contribution is -0.382. The second-order valence-corrected chi connectivity index (χ2v) is 6.63. The Balaban J connectivity index is 1.64. The Labute approximate surface area is 159 Å². The fourth-order valence-electron chi connectivity index (χ4n) is 3.37. The number of hydrogen-bond donors (Lipinski definition) is 0. The van der Waals surface area contributed by atoms with Crippen molar-refractivity contribution in [2.45, 2.75) is 0 Å². The van der Waals surface area contributed by atoms with Gasteiger partial charge in [0.15, 0.2) is 11.3 Å². The van der Waals surface area contributed by atoms with E-state index in [2.05, 4.69) is 10.3 Å². The molecule has 28 heavy (non-hydrogen) atoms. The summed E-state index contributed by atoms with van der Waals surface area (Å²) >= 11 is 0. The van der Waals surface area contributed by atoms with Crippen molar-refractivity contribution >= 4 is 34.0 Å². The maximum atomic E-state index is 12.4. The predicted octanol–water partition coefficient (Wildman–Crippen LogP) is 1.75. The van der Waals surface area contributed by atoms with Crippen LogP contribution in [0.15, 0.2) is 33.5 Å². The van der Waals surface area contributed by atoms with Crippen LogP contribution < -0.4 is 9.80 Å². The fraction of sp³-hybridized carbons (Fsp3) is 0.353. The van der Waals surface area contributed by atoms with Crippen LogP contribution >= 0.6 is 0 Å². The Morgan fingerprint density at radius 1 is 1.21 bits per heavy atom. The molecule has 1 aromatic carbocycles. The summed E-state index contributed by atoms with van der Waals surface area (Å²) in [6, 6.07) is 5.03. The Bertz CT molecular complexity index is 1020. The molecule has 3 aromatic rings. The van der Waals surface area contributed by atoms with E-state index in [4.69, 9.17) is 9.05 Å². The maximum absolute atomic E-state index is 12.4. The molecule has 1 aliphatic rings. The van der Waals surface area contributed by atoms with Gasteiger partial charge in [0.05, 0.1) is 16.9 Å². The maximum Gasteiger partial charge on any atom is 0.323 e. The third-order valence-electron chi connectivity index (χ3n) is 4.78. The van der Waals surface area contributed by atoms with Gasteiger partial charge >= 0.3 is 5.69 Å². The number of carbonyl (C=O) groups excluding carboxylic acids is 1. The zero-order chi connectivity index (χ0) is 19.8. The lowest BCUT2D eigenvalue weighted by atomic mass is 10.1. The highest BCUT2D eigenvalue weighted by Gasteiger charge is 2.31. The summed E-state index contributed by atoms with van der Waals surface area (Å²) in [6.07, 6.45) is 1.47. The quantitative estimate of drug-likeness (QED) is 0.487. The van der Waals surface area contributed by atoms with Gasteiger partial charge in [0.25, 0.3) is 5.91 Å². The van der Waals surface area contributed by atoms with Gasteiger partial charge in [-0.05, 0) is 28.5 Å². The normalized spacial score (nSPS) is 14.5. The average molecular weight is 386 g/mol. The average Bonchev–Trinajstić information content (AvgIpc) is 3.37. The predicted molar refractivity (Wildman–Crippen MR) is 99.6 cm³/mol. The van der Waals surface area contributed by atoms with Crippen molar-refractivity contribution in [1.82, 2.24) is 15.2 Å². The summed E-state index contributed by atoms with van der Waals surface area (Å²) in [4.78, 5) is 28.9. The second kappa shape index (κ2) is 6.83.